The molecule has 19 heavy (non-hydrogen) atoms. The molecule has 4 nitrogen and oxygen atoms in total. The van der Waals surface area contributed by atoms with Crippen LogP contribution < -0.4 is 5.43 Å². The van der Waals surface area contributed by atoms with Crippen LogP contribution in [0.4, 0.5) is 4.39 Å². The first-order valence-electron chi connectivity index (χ1n) is 6.06. The zero-order chi connectivity index (χ0) is 14.3. The number of amides is 1. The van der Waals surface area contributed by atoms with Crippen LogP contribution in [0.2, 0.25) is 5.02 Å². The second kappa shape index (κ2) is 7.86. The van der Waals surface area contributed by atoms with Crippen molar-refractivity contribution in [1.29, 1.82) is 0 Å². The molecule has 0 fully saturated rings. The Hall–Kier alpha value is -1.46. The number of benzene rings is 1. The van der Waals surface area contributed by atoms with E-state index in [2.05, 4.69) is 10.5 Å². The highest BCUT2D eigenvalue weighted by molar-refractivity contribution is 6.33. The van der Waals surface area contributed by atoms with E-state index in [4.69, 9.17) is 11.6 Å². The van der Waals surface area contributed by atoms with Gasteiger partial charge in [-0.3, -0.25) is 9.69 Å². The Morgan fingerprint density at radius 2 is 2.16 bits per heavy atom. The number of carbonyl (C=O) groups excluding carboxylic acids is 1. The van der Waals surface area contributed by atoms with Crippen molar-refractivity contribution in [3.05, 3.63) is 34.6 Å². The van der Waals surface area contributed by atoms with Crippen molar-refractivity contribution in [3.8, 4) is 0 Å². The molecule has 0 saturated carbocycles. The van der Waals surface area contributed by atoms with Crippen LogP contribution in [-0.4, -0.2) is 36.7 Å². The lowest BCUT2D eigenvalue weighted by molar-refractivity contribution is -0.122. The fourth-order valence-corrected chi connectivity index (χ4v) is 1.70. The number of halogens is 2. The molecule has 0 bridgehead atoms. The van der Waals surface area contributed by atoms with Crippen molar-refractivity contribution in [2.75, 3.05) is 19.6 Å². The fourth-order valence-electron chi connectivity index (χ4n) is 1.49. The third-order valence-electron chi connectivity index (χ3n) is 2.64. The summed E-state index contributed by atoms with van der Waals surface area (Å²) in [6.07, 6.45) is 1.21. The van der Waals surface area contributed by atoms with Gasteiger partial charge in [0.25, 0.3) is 5.91 Å². The molecular weight excluding hydrogens is 269 g/mol. The Bertz CT molecular complexity index is 441. The van der Waals surface area contributed by atoms with E-state index in [9.17, 15) is 9.18 Å². The van der Waals surface area contributed by atoms with E-state index in [0.717, 1.165) is 13.1 Å². The zero-order valence-corrected chi connectivity index (χ0v) is 11.7. The summed E-state index contributed by atoms with van der Waals surface area (Å²) in [5.74, 6) is -0.721. The van der Waals surface area contributed by atoms with E-state index >= 15 is 0 Å². The highest BCUT2D eigenvalue weighted by Crippen LogP contribution is 2.16. The maximum Gasteiger partial charge on any atom is 0.254 e. The quantitative estimate of drug-likeness (QED) is 0.644. The Morgan fingerprint density at radius 3 is 2.74 bits per heavy atom. The zero-order valence-electron chi connectivity index (χ0n) is 11.0. The van der Waals surface area contributed by atoms with Gasteiger partial charge >= 0.3 is 0 Å². The molecule has 1 aromatic rings. The molecule has 1 N–H and O–H groups in total. The van der Waals surface area contributed by atoms with E-state index in [-0.39, 0.29) is 23.0 Å². The highest BCUT2D eigenvalue weighted by Gasteiger charge is 2.06. The van der Waals surface area contributed by atoms with Crippen LogP contribution >= 0.6 is 11.6 Å². The lowest BCUT2D eigenvalue weighted by Gasteiger charge is -2.15. The second-order valence-electron chi connectivity index (χ2n) is 3.89. The van der Waals surface area contributed by atoms with Gasteiger partial charge in [0.05, 0.1) is 17.8 Å². The summed E-state index contributed by atoms with van der Waals surface area (Å²) in [5.41, 5.74) is 2.51. The minimum atomic E-state index is -0.478. The molecule has 0 heterocycles. The molecule has 0 unspecified atom stereocenters. The Labute approximate surface area is 117 Å². The average molecular weight is 286 g/mol. The van der Waals surface area contributed by atoms with Crippen molar-refractivity contribution in [2.24, 2.45) is 5.10 Å². The largest absolute Gasteiger partial charge is 0.295 e. The number of hydrazone groups is 1. The SMILES string of the molecule is CCN(CC)CC(=O)N/N=C\c1c(F)cccc1Cl. The number of rotatable bonds is 6. The number of likely N-dealkylation sites (N-methyl/N-ethyl adjacent to an activating group) is 1. The van der Waals surface area contributed by atoms with Gasteiger partial charge in [-0.05, 0) is 25.2 Å². The highest BCUT2D eigenvalue weighted by atomic mass is 35.5. The van der Waals surface area contributed by atoms with Crippen LogP contribution in [0.3, 0.4) is 0 Å². The molecule has 0 atom stereocenters. The third kappa shape index (κ3) is 4.96. The van der Waals surface area contributed by atoms with Crippen LogP contribution in [0, 0.1) is 5.82 Å². The maximum atomic E-state index is 13.4. The summed E-state index contributed by atoms with van der Waals surface area (Å²) in [7, 11) is 0. The molecule has 104 valence electrons. The molecule has 0 aliphatic rings. The smallest absolute Gasteiger partial charge is 0.254 e. The van der Waals surface area contributed by atoms with Gasteiger partial charge in [0, 0.05) is 5.56 Å². The lowest BCUT2D eigenvalue weighted by Crippen LogP contribution is -2.35. The number of hydrogen-bond acceptors (Lipinski definition) is 3. The molecule has 0 spiro atoms. The van der Waals surface area contributed by atoms with E-state index < -0.39 is 5.82 Å². The van der Waals surface area contributed by atoms with E-state index in [1.807, 2.05) is 18.7 Å². The van der Waals surface area contributed by atoms with Gasteiger partial charge in [0.2, 0.25) is 0 Å². The van der Waals surface area contributed by atoms with E-state index in [1.54, 1.807) is 6.07 Å². The molecule has 0 radical (unpaired) electrons. The predicted molar refractivity (Wildman–Crippen MR) is 74.9 cm³/mol. The van der Waals surface area contributed by atoms with Crippen molar-refractivity contribution in [1.82, 2.24) is 10.3 Å². The summed E-state index contributed by atoms with van der Waals surface area (Å²) in [5, 5.41) is 3.96. The molecule has 0 aromatic heterocycles. The minimum absolute atomic E-state index is 0.160. The monoisotopic (exact) mass is 285 g/mol. The van der Waals surface area contributed by atoms with Crippen LogP contribution in [0.1, 0.15) is 19.4 Å². The molecular formula is C13H17ClFN3O. The van der Waals surface area contributed by atoms with Crippen LogP contribution in [0.5, 0.6) is 0 Å². The van der Waals surface area contributed by atoms with Gasteiger partial charge in [-0.2, -0.15) is 5.10 Å². The van der Waals surface area contributed by atoms with Crippen molar-refractivity contribution in [2.45, 2.75) is 13.8 Å². The first kappa shape index (κ1) is 15.6. The topological polar surface area (TPSA) is 44.7 Å². The standard InChI is InChI=1S/C13H17ClFN3O/c1-3-18(4-2)9-13(19)17-16-8-10-11(14)6-5-7-12(10)15/h5-8H,3-4,9H2,1-2H3,(H,17,19)/b16-8-. The Balaban J connectivity index is 2.56. The van der Waals surface area contributed by atoms with Crippen molar-refractivity contribution >= 4 is 23.7 Å². The summed E-state index contributed by atoms with van der Waals surface area (Å²) in [6.45, 7) is 5.77. The normalized spacial score (nSPS) is 11.2. The summed E-state index contributed by atoms with van der Waals surface area (Å²) in [6, 6.07) is 4.35. The van der Waals surface area contributed by atoms with Gasteiger partial charge < -0.3 is 0 Å². The molecule has 1 aromatic carbocycles. The number of nitrogens with one attached hydrogen (secondary N) is 1. The Kier molecular flexibility index (Phi) is 6.45. The fraction of sp³-hybridized carbons (Fsp3) is 0.385. The number of hydrogen-bond donors (Lipinski definition) is 1. The average Bonchev–Trinajstić information content (AvgIpc) is 2.39. The molecule has 1 rings (SSSR count). The lowest BCUT2D eigenvalue weighted by atomic mass is 10.2. The number of carbonyl (C=O) groups is 1. The van der Waals surface area contributed by atoms with Crippen molar-refractivity contribution < 1.29 is 9.18 Å². The first-order chi connectivity index (χ1) is 9.08. The summed E-state index contributed by atoms with van der Waals surface area (Å²) >= 11 is 5.82. The minimum Gasteiger partial charge on any atom is -0.295 e. The van der Waals surface area contributed by atoms with Gasteiger partial charge in [-0.15, -0.1) is 0 Å². The van der Waals surface area contributed by atoms with E-state index in [0.29, 0.717) is 0 Å². The molecule has 0 saturated heterocycles. The second-order valence-corrected chi connectivity index (χ2v) is 4.30. The third-order valence-corrected chi connectivity index (χ3v) is 2.97. The van der Waals surface area contributed by atoms with Crippen LogP contribution in [0.25, 0.3) is 0 Å². The first-order valence-corrected chi connectivity index (χ1v) is 6.44. The van der Waals surface area contributed by atoms with E-state index in [1.165, 1.54) is 18.3 Å². The van der Waals surface area contributed by atoms with Crippen molar-refractivity contribution in [3.63, 3.8) is 0 Å². The van der Waals surface area contributed by atoms with Gasteiger partial charge in [0.15, 0.2) is 0 Å². The van der Waals surface area contributed by atoms with Crippen LogP contribution in [-0.2, 0) is 4.79 Å². The van der Waals surface area contributed by atoms with Crippen LogP contribution in [0.15, 0.2) is 23.3 Å². The van der Waals surface area contributed by atoms with Gasteiger partial charge in [0.1, 0.15) is 5.82 Å². The summed E-state index contributed by atoms with van der Waals surface area (Å²) < 4.78 is 13.4. The summed E-state index contributed by atoms with van der Waals surface area (Å²) in [4.78, 5) is 13.5. The molecule has 6 heteroatoms. The van der Waals surface area contributed by atoms with Gasteiger partial charge in [-0.25, -0.2) is 9.82 Å². The molecule has 0 aliphatic carbocycles. The Morgan fingerprint density at radius 1 is 1.47 bits per heavy atom. The molecule has 0 aliphatic heterocycles. The maximum absolute atomic E-state index is 13.4. The molecule has 1 amide bonds. The van der Waals surface area contributed by atoms with Gasteiger partial charge in [-0.1, -0.05) is 31.5 Å². The predicted octanol–water partition coefficient (Wildman–Crippen LogP) is 2.27. The number of nitrogens with zero attached hydrogens (tertiary/aromatic N) is 2.